The van der Waals surface area contributed by atoms with E-state index in [1.165, 1.54) is 12.1 Å². The van der Waals surface area contributed by atoms with Crippen molar-refractivity contribution in [2.75, 3.05) is 33.4 Å². The van der Waals surface area contributed by atoms with Crippen LogP contribution in [-0.2, 0) is 0 Å². The van der Waals surface area contributed by atoms with E-state index in [-0.39, 0.29) is 11.2 Å². The second-order valence-electron chi connectivity index (χ2n) is 8.79. The molecule has 0 aliphatic carbocycles. The number of hydrogen-bond donors (Lipinski definition) is 0. The van der Waals surface area contributed by atoms with Crippen LogP contribution in [0.15, 0.2) is 40.9 Å². The maximum atomic E-state index is 13.4. The minimum atomic E-state index is -0.296. The number of fused-ring (bicyclic) bond motifs is 1. The predicted octanol–water partition coefficient (Wildman–Crippen LogP) is 5.06. The third-order valence-electron chi connectivity index (χ3n) is 5.71. The Labute approximate surface area is 176 Å². The number of likely N-dealkylation sites (tertiary alicyclic amines) is 1. The maximum absolute atomic E-state index is 13.4. The number of hydrogen-bond acceptors (Lipinski definition) is 5. The van der Waals surface area contributed by atoms with Crippen LogP contribution in [0, 0.1) is 17.3 Å². The van der Waals surface area contributed by atoms with Crippen LogP contribution in [0.2, 0.25) is 0 Å². The Balaban J connectivity index is 1.32. The Morgan fingerprint density at radius 1 is 1.23 bits per heavy atom. The highest BCUT2D eigenvalue weighted by atomic mass is 19.1. The fourth-order valence-electron chi connectivity index (χ4n) is 4.19. The Morgan fingerprint density at radius 3 is 2.80 bits per heavy atom. The smallest absolute Gasteiger partial charge is 0.170 e. The third kappa shape index (κ3) is 4.59. The molecule has 0 amide bonds. The number of aromatic nitrogens is 1. The minimum absolute atomic E-state index is 0.00445. The number of benzene rings is 2. The Bertz CT molecular complexity index is 993. The molecule has 159 valence electrons. The van der Waals surface area contributed by atoms with Crippen molar-refractivity contribution in [1.29, 1.82) is 0 Å². The van der Waals surface area contributed by atoms with Crippen molar-refractivity contribution >= 4 is 11.0 Å². The molecule has 1 fully saturated rings. The summed E-state index contributed by atoms with van der Waals surface area (Å²) in [4.78, 5) is 2.48. The van der Waals surface area contributed by atoms with Gasteiger partial charge in [-0.05, 0) is 56.3 Å². The van der Waals surface area contributed by atoms with Crippen LogP contribution < -0.4 is 9.47 Å². The molecular formula is C24H28FN2O3. The second-order valence-corrected chi connectivity index (χ2v) is 8.79. The molecule has 0 atom stereocenters. The summed E-state index contributed by atoms with van der Waals surface area (Å²) in [5.41, 5.74) is 1.48. The molecule has 2 heterocycles. The van der Waals surface area contributed by atoms with E-state index in [2.05, 4.69) is 30.0 Å². The van der Waals surface area contributed by atoms with Gasteiger partial charge in [-0.1, -0.05) is 25.1 Å². The zero-order chi connectivity index (χ0) is 21.1. The topological polar surface area (TPSA) is 47.7 Å². The van der Waals surface area contributed by atoms with Gasteiger partial charge in [-0.2, -0.15) is 0 Å². The average molecular weight is 411 g/mol. The first kappa shape index (κ1) is 20.7. The van der Waals surface area contributed by atoms with Gasteiger partial charge in [0.1, 0.15) is 5.82 Å². The van der Waals surface area contributed by atoms with Crippen molar-refractivity contribution in [2.45, 2.75) is 32.6 Å². The van der Waals surface area contributed by atoms with Crippen LogP contribution in [-0.4, -0.2) is 43.4 Å². The fraction of sp³-hybridized carbons (Fsp3) is 0.458. The van der Waals surface area contributed by atoms with Gasteiger partial charge in [0.05, 0.1) is 19.4 Å². The molecule has 6 heteroatoms. The standard InChI is InChI=1S/C24H28FN2O3/c1-24(2,16-29-21-7-5-4-6-20(21)28-3)15-27-12-10-17(11-13-27)23-19-9-8-18(25)14-22(19)30-26-23/h5-9,14,17H,10-13,15-16H2,1-3H3. The molecule has 1 aliphatic heterocycles. The van der Waals surface area contributed by atoms with Crippen molar-refractivity contribution in [3.63, 3.8) is 0 Å². The lowest BCUT2D eigenvalue weighted by atomic mass is 9.88. The van der Waals surface area contributed by atoms with E-state index < -0.39 is 0 Å². The first-order valence-corrected chi connectivity index (χ1v) is 10.4. The molecule has 30 heavy (non-hydrogen) atoms. The first-order valence-electron chi connectivity index (χ1n) is 10.4. The molecule has 1 aliphatic rings. The zero-order valence-electron chi connectivity index (χ0n) is 17.8. The van der Waals surface area contributed by atoms with Gasteiger partial charge < -0.3 is 18.9 Å². The molecule has 3 aromatic rings. The highest BCUT2D eigenvalue weighted by molar-refractivity contribution is 5.79. The number of halogens is 1. The van der Waals surface area contributed by atoms with Crippen molar-refractivity contribution in [3.8, 4) is 11.5 Å². The molecular weight excluding hydrogens is 383 g/mol. The van der Waals surface area contributed by atoms with Gasteiger partial charge in [-0.3, -0.25) is 0 Å². The van der Waals surface area contributed by atoms with Gasteiger partial charge in [0.2, 0.25) is 0 Å². The maximum Gasteiger partial charge on any atom is 0.170 e. The number of ether oxygens (including phenoxy) is 2. The fourth-order valence-corrected chi connectivity index (χ4v) is 4.19. The Hall–Kier alpha value is -2.60. The highest BCUT2D eigenvalue weighted by Crippen LogP contribution is 2.34. The van der Waals surface area contributed by atoms with Crippen molar-refractivity contribution < 1.29 is 18.4 Å². The number of nitrogens with zero attached hydrogens (tertiary/aromatic N) is 2. The molecule has 0 N–H and O–H groups in total. The summed E-state index contributed by atoms with van der Waals surface area (Å²) in [5, 5.41) is 5.17. The molecule has 1 radical (unpaired) electrons. The lowest BCUT2D eigenvalue weighted by Gasteiger charge is -2.37. The number of methoxy groups -OCH3 is 1. The predicted molar refractivity (Wildman–Crippen MR) is 113 cm³/mol. The summed E-state index contributed by atoms with van der Waals surface area (Å²) >= 11 is 0. The monoisotopic (exact) mass is 411 g/mol. The van der Waals surface area contributed by atoms with E-state index in [0.29, 0.717) is 23.9 Å². The summed E-state index contributed by atoms with van der Waals surface area (Å²) in [6.45, 7) is 7.99. The molecule has 0 saturated carbocycles. The quantitative estimate of drug-likeness (QED) is 0.544. The van der Waals surface area contributed by atoms with Crippen LogP contribution >= 0.6 is 0 Å². The highest BCUT2D eigenvalue weighted by Gasteiger charge is 2.29. The van der Waals surface area contributed by atoms with Crippen molar-refractivity contribution in [2.24, 2.45) is 5.41 Å². The van der Waals surface area contributed by atoms with Crippen molar-refractivity contribution in [3.05, 3.63) is 54.0 Å². The summed E-state index contributed by atoms with van der Waals surface area (Å²) in [6.07, 6.45) is 2.02. The van der Waals surface area contributed by atoms with Crippen LogP contribution in [0.25, 0.3) is 11.0 Å². The second kappa shape index (κ2) is 8.64. The number of piperidine rings is 1. The molecule has 4 rings (SSSR count). The SMILES string of the molecule is COc1c[c]ccc1OCC(C)(C)CN1CCC(c2noc3cc(F)ccc23)CC1. The van der Waals surface area contributed by atoms with Gasteiger partial charge >= 0.3 is 0 Å². The molecule has 1 aromatic heterocycles. The average Bonchev–Trinajstić information content (AvgIpc) is 3.16. The molecule has 0 unspecified atom stereocenters. The lowest BCUT2D eigenvalue weighted by Crippen LogP contribution is -2.41. The van der Waals surface area contributed by atoms with Crippen LogP contribution in [0.4, 0.5) is 4.39 Å². The first-order chi connectivity index (χ1) is 14.4. The normalized spacial score (nSPS) is 16.1. The Morgan fingerprint density at radius 2 is 2.03 bits per heavy atom. The largest absolute Gasteiger partial charge is 0.493 e. The van der Waals surface area contributed by atoms with E-state index in [4.69, 9.17) is 14.0 Å². The summed E-state index contributed by atoms with van der Waals surface area (Å²) in [7, 11) is 1.64. The van der Waals surface area contributed by atoms with Gasteiger partial charge in [0.25, 0.3) is 0 Å². The molecule has 2 aromatic carbocycles. The minimum Gasteiger partial charge on any atom is -0.493 e. The molecule has 0 spiro atoms. The van der Waals surface area contributed by atoms with Gasteiger partial charge in [-0.15, -0.1) is 0 Å². The number of rotatable bonds is 7. The van der Waals surface area contributed by atoms with Crippen molar-refractivity contribution in [1.82, 2.24) is 10.1 Å². The summed E-state index contributed by atoms with van der Waals surface area (Å²) < 4.78 is 30.1. The zero-order valence-corrected chi connectivity index (χ0v) is 17.8. The van der Waals surface area contributed by atoms with E-state index in [1.54, 1.807) is 19.2 Å². The van der Waals surface area contributed by atoms with E-state index in [1.807, 2.05) is 12.1 Å². The molecule has 1 saturated heterocycles. The van der Waals surface area contributed by atoms with E-state index >= 15 is 0 Å². The van der Waals surface area contributed by atoms with E-state index in [0.717, 1.165) is 49.3 Å². The van der Waals surface area contributed by atoms with Crippen LogP contribution in [0.5, 0.6) is 11.5 Å². The third-order valence-corrected chi connectivity index (χ3v) is 5.71. The summed E-state index contributed by atoms with van der Waals surface area (Å²) in [6, 6.07) is 13.2. The van der Waals surface area contributed by atoms with E-state index in [9.17, 15) is 4.39 Å². The van der Waals surface area contributed by atoms with Gasteiger partial charge in [0.15, 0.2) is 17.1 Å². The summed E-state index contributed by atoms with van der Waals surface area (Å²) in [5.74, 6) is 1.50. The molecule has 0 bridgehead atoms. The van der Waals surface area contributed by atoms with Crippen LogP contribution in [0.3, 0.4) is 0 Å². The Kier molecular flexibility index (Phi) is 5.95. The van der Waals surface area contributed by atoms with Gasteiger partial charge in [-0.25, -0.2) is 4.39 Å². The van der Waals surface area contributed by atoms with Crippen LogP contribution in [0.1, 0.15) is 38.3 Å². The lowest BCUT2D eigenvalue weighted by molar-refractivity contribution is 0.0968. The van der Waals surface area contributed by atoms with Gasteiger partial charge in [0, 0.05) is 29.3 Å². The molecule has 5 nitrogen and oxygen atoms in total.